The molecule has 6 heteroatoms. The number of nitrogens with one attached hydrogen (secondary N) is 1. The van der Waals surface area contributed by atoms with Crippen molar-refractivity contribution in [2.45, 2.75) is 24.1 Å². The first-order valence-corrected chi connectivity index (χ1v) is 8.66. The van der Waals surface area contributed by atoms with Crippen LogP contribution in [0.3, 0.4) is 0 Å². The molecule has 0 fully saturated rings. The molecule has 0 saturated heterocycles. The van der Waals surface area contributed by atoms with E-state index in [-0.39, 0.29) is 11.2 Å². The summed E-state index contributed by atoms with van der Waals surface area (Å²) >= 11 is 1.41. The van der Waals surface area contributed by atoms with Crippen LogP contribution in [0.4, 0.5) is 5.69 Å². The fourth-order valence-corrected chi connectivity index (χ4v) is 3.33. The smallest absolute Gasteiger partial charge is 0.237 e. The molecule has 0 aliphatic rings. The standard InChI is InChI=1S/C19H16N4OS/c1-12(18(24)23-15-9-7-14(11-20)8-10-15)25-19-16-5-3-4-6-17(16)21-13(2)22-19/h3-10,12H,1-2H3,(H,23,24)/t12-/m1/s1. The lowest BCUT2D eigenvalue weighted by molar-refractivity contribution is -0.115. The van der Waals surface area contributed by atoms with Crippen molar-refractivity contribution in [2.75, 3.05) is 5.32 Å². The molecule has 5 nitrogen and oxygen atoms in total. The van der Waals surface area contributed by atoms with E-state index in [1.54, 1.807) is 24.3 Å². The van der Waals surface area contributed by atoms with E-state index in [1.165, 1.54) is 11.8 Å². The van der Waals surface area contributed by atoms with Gasteiger partial charge in [0, 0.05) is 11.1 Å². The molecule has 0 aliphatic heterocycles. The molecule has 1 aromatic heterocycles. The van der Waals surface area contributed by atoms with E-state index in [0.717, 1.165) is 15.9 Å². The first-order valence-electron chi connectivity index (χ1n) is 7.78. The maximum Gasteiger partial charge on any atom is 0.237 e. The van der Waals surface area contributed by atoms with Crippen LogP contribution >= 0.6 is 11.8 Å². The van der Waals surface area contributed by atoms with Crippen LogP contribution in [0.1, 0.15) is 18.3 Å². The summed E-state index contributed by atoms with van der Waals surface area (Å²) < 4.78 is 0. The Morgan fingerprint density at radius 1 is 1.16 bits per heavy atom. The highest BCUT2D eigenvalue weighted by atomic mass is 32.2. The first-order chi connectivity index (χ1) is 12.1. The molecule has 0 aliphatic carbocycles. The van der Waals surface area contributed by atoms with Gasteiger partial charge < -0.3 is 5.32 Å². The van der Waals surface area contributed by atoms with E-state index >= 15 is 0 Å². The van der Waals surface area contributed by atoms with E-state index < -0.39 is 0 Å². The number of anilines is 1. The number of nitrogens with zero attached hydrogens (tertiary/aromatic N) is 3. The van der Waals surface area contributed by atoms with Crippen LogP contribution in [-0.2, 0) is 4.79 Å². The molecule has 0 bridgehead atoms. The second-order valence-corrected chi connectivity index (χ2v) is 6.86. The van der Waals surface area contributed by atoms with Crippen molar-refractivity contribution in [1.29, 1.82) is 5.26 Å². The topological polar surface area (TPSA) is 78.7 Å². The number of para-hydroxylation sites is 1. The van der Waals surface area contributed by atoms with Gasteiger partial charge in [-0.2, -0.15) is 5.26 Å². The number of amides is 1. The summed E-state index contributed by atoms with van der Waals surface area (Å²) in [4.78, 5) is 21.4. The zero-order chi connectivity index (χ0) is 17.8. The zero-order valence-electron chi connectivity index (χ0n) is 13.9. The van der Waals surface area contributed by atoms with Crippen LogP contribution in [0, 0.1) is 18.3 Å². The number of carbonyl (C=O) groups is 1. The van der Waals surface area contributed by atoms with Crippen LogP contribution in [-0.4, -0.2) is 21.1 Å². The highest BCUT2D eigenvalue weighted by molar-refractivity contribution is 8.00. The van der Waals surface area contributed by atoms with Gasteiger partial charge in [0.2, 0.25) is 5.91 Å². The summed E-state index contributed by atoms with van der Waals surface area (Å²) in [6.07, 6.45) is 0. The Labute approximate surface area is 150 Å². The molecule has 25 heavy (non-hydrogen) atoms. The number of aromatic nitrogens is 2. The van der Waals surface area contributed by atoms with Gasteiger partial charge in [-0.25, -0.2) is 9.97 Å². The number of hydrogen-bond acceptors (Lipinski definition) is 5. The molecule has 0 spiro atoms. The number of nitriles is 1. The normalized spacial score (nSPS) is 11.7. The largest absolute Gasteiger partial charge is 0.325 e. The van der Waals surface area contributed by atoms with Crippen molar-refractivity contribution in [2.24, 2.45) is 0 Å². The van der Waals surface area contributed by atoms with Gasteiger partial charge >= 0.3 is 0 Å². The summed E-state index contributed by atoms with van der Waals surface area (Å²) in [7, 11) is 0. The van der Waals surface area contributed by atoms with Crippen molar-refractivity contribution in [3.63, 3.8) is 0 Å². The molecule has 3 aromatic rings. The van der Waals surface area contributed by atoms with Crippen LogP contribution in [0.2, 0.25) is 0 Å². The Kier molecular flexibility index (Phi) is 4.96. The third-order valence-electron chi connectivity index (χ3n) is 3.62. The molecular weight excluding hydrogens is 332 g/mol. The summed E-state index contributed by atoms with van der Waals surface area (Å²) in [5.41, 5.74) is 2.10. The number of aryl methyl sites for hydroxylation is 1. The fraction of sp³-hybridized carbons (Fsp3) is 0.158. The molecule has 0 saturated carbocycles. The van der Waals surface area contributed by atoms with E-state index in [9.17, 15) is 4.79 Å². The van der Waals surface area contributed by atoms with Crippen molar-refractivity contribution >= 4 is 34.3 Å². The molecule has 0 radical (unpaired) electrons. The van der Waals surface area contributed by atoms with Gasteiger partial charge in [-0.3, -0.25) is 4.79 Å². The molecule has 2 aromatic carbocycles. The summed E-state index contributed by atoms with van der Waals surface area (Å²) in [6, 6.07) is 16.6. The van der Waals surface area contributed by atoms with Crippen molar-refractivity contribution in [1.82, 2.24) is 9.97 Å². The van der Waals surface area contributed by atoms with Crippen molar-refractivity contribution in [3.8, 4) is 6.07 Å². The Bertz CT molecular complexity index is 963. The number of hydrogen-bond donors (Lipinski definition) is 1. The minimum atomic E-state index is -0.326. The summed E-state index contributed by atoms with van der Waals surface area (Å²) in [6.45, 7) is 3.69. The third-order valence-corrected chi connectivity index (χ3v) is 4.72. The second kappa shape index (κ2) is 7.32. The van der Waals surface area contributed by atoms with Gasteiger partial charge in [0.1, 0.15) is 10.9 Å². The fourth-order valence-electron chi connectivity index (χ4n) is 2.34. The Balaban J connectivity index is 1.76. The average molecular weight is 348 g/mol. The van der Waals surface area contributed by atoms with Gasteiger partial charge in [0.25, 0.3) is 0 Å². The van der Waals surface area contributed by atoms with Crippen LogP contribution in [0.25, 0.3) is 10.9 Å². The quantitative estimate of drug-likeness (QED) is 0.571. The van der Waals surface area contributed by atoms with Gasteiger partial charge in [-0.05, 0) is 44.2 Å². The predicted molar refractivity (Wildman–Crippen MR) is 99.4 cm³/mol. The summed E-state index contributed by atoms with van der Waals surface area (Å²) in [5, 5.41) is 13.1. The summed E-state index contributed by atoms with van der Waals surface area (Å²) in [5.74, 6) is 0.566. The van der Waals surface area contributed by atoms with E-state index in [2.05, 4.69) is 21.4 Å². The lowest BCUT2D eigenvalue weighted by Crippen LogP contribution is -2.22. The molecule has 1 amide bonds. The number of carbonyl (C=O) groups excluding carboxylic acids is 1. The minimum Gasteiger partial charge on any atom is -0.325 e. The van der Waals surface area contributed by atoms with E-state index in [1.807, 2.05) is 38.1 Å². The lowest BCUT2D eigenvalue weighted by Gasteiger charge is -2.13. The van der Waals surface area contributed by atoms with Crippen molar-refractivity contribution < 1.29 is 4.79 Å². The average Bonchev–Trinajstić information content (AvgIpc) is 2.62. The van der Waals surface area contributed by atoms with Crippen molar-refractivity contribution in [3.05, 3.63) is 59.9 Å². The van der Waals surface area contributed by atoms with E-state index in [0.29, 0.717) is 17.1 Å². The highest BCUT2D eigenvalue weighted by Crippen LogP contribution is 2.29. The Morgan fingerprint density at radius 3 is 2.60 bits per heavy atom. The first kappa shape index (κ1) is 16.9. The van der Waals surface area contributed by atoms with Gasteiger partial charge in [-0.1, -0.05) is 30.0 Å². The highest BCUT2D eigenvalue weighted by Gasteiger charge is 2.17. The van der Waals surface area contributed by atoms with Crippen LogP contribution < -0.4 is 5.32 Å². The number of rotatable bonds is 4. The minimum absolute atomic E-state index is 0.116. The maximum absolute atomic E-state index is 12.5. The molecule has 1 N–H and O–H groups in total. The number of benzene rings is 2. The molecule has 3 rings (SSSR count). The predicted octanol–water partition coefficient (Wildman–Crippen LogP) is 3.93. The molecular formula is C19H16N4OS. The molecule has 0 unspecified atom stereocenters. The van der Waals surface area contributed by atoms with E-state index in [4.69, 9.17) is 5.26 Å². The van der Waals surface area contributed by atoms with Gasteiger partial charge in [0.05, 0.1) is 22.4 Å². The Hall–Kier alpha value is -2.91. The lowest BCUT2D eigenvalue weighted by atomic mass is 10.2. The Morgan fingerprint density at radius 2 is 1.88 bits per heavy atom. The number of fused-ring (bicyclic) bond motifs is 1. The van der Waals surface area contributed by atoms with Crippen LogP contribution in [0.15, 0.2) is 53.6 Å². The van der Waals surface area contributed by atoms with Crippen LogP contribution in [0.5, 0.6) is 0 Å². The zero-order valence-corrected chi connectivity index (χ0v) is 14.7. The molecule has 1 heterocycles. The third kappa shape index (κ3) is 3.95. The second-order valence-electron chi connectivity index (χ2n) is 5.53. The SMILES string of the molecule is Cc1nc(S[C@H](C)C(=O)Nc2ccc(C#N)cc2)c2ccccc2n1. The van der Waals surface area contributed by atoms with Gasteiger partial charge in [-0.15, -0.1) is 0 Å². The molecule has 1 atom stereocenters. The maximum atomic E-state index is 12.5. The van der Waals surface area contributed by atoms with Gasteiger partial charge in [0.15, 0.2) is 0 Å². The monoisotopic (exact) mass is 348 g/mol. The number of thioether (sulfide) groups is 1. The molecule has 124 valence electrons.